The largest absolute Gasteiger partial charge is 0.444 e. The number of rotatable bonds is 5. The molecule has 0 saturated carbocycles. The van der Waals surface area contributed by atoms with E-state index >= 15 is 0 Å². The zero-order chi connectivity index (χ0) is 22.8. The number of fused-ring (bicyclic) bond motifs is 1. The topological polar surface area (TPSA) is 99.4 Å². The summed E-state index contributed by atoms with van der Waals surface area (Å²) in [4.78, 5) is 34.5. The van der Waals surface area contributed by atoms with Crippen molar-refractivity contribution in [3.8, 4) is 0 Å². The zero-order valence-electron chi connectivity index (χ0n) is 18.8. The van der Waals surface area contributed by atoms with Gasteiger partial charge in [0.1, 0.15) is 11.2 Å². The number of hydrogen-bond acceptors (Lipinski definition) is 5. The number of pyridine rings is 1. The van der Waals surface area contributed by atoms with Gasteiger partial charge in [-0.25, -0.2) is 9.78 Å². The molecular weight excluding hydrogens is 462 g/mol. The van der Waals surface area contributed by atoms with E-state index in [2.05, 4.69) is 41.4 Å². The van der Waals surface area contributed by atoms with Crippen LogP contribution in [0.3, 0.4) is 0 Å². The highest BCUT2D eigenvalue weighted by Crippen LogP contribution is 2.39. The Morgan fingerprint density at radius 1 is 1.39 bits per heavy atom. The molecule has 3 N–H and O–H groups in total. The fourth-order valence-electron chi connectivity index (χ4n) is 3.81. The molecule has 9 heteroatoms. The van der Waals surface area contributed by atoms with Gasteiger partial charge in [0.15, 0.2) is 0 Å². The molecule has 3 heterocycles. The van der Waals surface area contributed by atoms with Gasteiger partial charge in [-0.2, -0.15) is 0 Å². The maximum Gasteiger partial charge on any atom is 0.407 e. The zero-order valence-corrected chi connectivity index (χ0v) is 20.4. The Labute approximate surface area is 191 Å². The van der Waals surface area contributed by atoms with Crippen LogP contribution >= 0.6 is 15.9 Å². The summed E-state index contributed by atoms with van der Waals surface area (Å²) in [5, 5.41) is 6.88. The quantitative estimate of drug-likeness (QED) is 0.555. The molecule has 8 nitrogen and oxygen atoms in total. The number of carbonyl (C=O) groups excluding carboxylic acids is 2. The summed E-state index contributed by atoms with van der Waals surface area (Å²) in [6.45, 7) is 11.1. The number of piperidine rings is 1. The highest BCUT2D eigenvalue weighted by Gasteiger charge is 2.27. The molecule has 0 aliphatic carbocycles. The first-order valence-corrected chi connectivity index (χ1v) is 11.5. The number of aromatic nitrogens is 2. The number of nitrogens with one attached hydrogen (secondary N) is 3. The summed E-state index contributed by atoms with van der Waals surface area (Å²) < 4.78 is 6.26. The minimum absolute atomic E-state index is 0.0232. The lowest BCUT2D eigenvalue weighted by Crippen LogP contribution is -2.49. The third kappa shape index (κ3) is 6.12. The van der Waals surface area contributed by atoms with Crippen molar-refractivity contribution >= 4 is 50.3 Å². The average molecular weight is 494 g/mol. The first-order chi connectivity index (χ1) is 14.5. The van der Waals surface area contributed by atoms with Crippen LogP contribution in [-0.2, 0) is 9.53 Å². The SMILES string of the molecule is CC(C)CC(=O)Nc1c[nH]c2ncc(Br)c(N3CCCC(NC(=O)OC(C)(C)C)C3)c12. The number of H-pyrrole nitrogens is 1. The number of halogens is 1. The molecule has 170 valence electrons. The van der Waals surface area contributed by atoms with E-state index in [0.29, 0.717) is 24.3 Å². The van der Waals surface area contributed by atoms with Crippen LogP contribution in [-0.4, -0.2) is 46.7 Å². The highest BCUT2D eigenvalue weighted by atomic mass is 79.9. The normalized spacial score (nSPS) is 17.1. The molecule has 1 atom stereocenters. The monoisotopic (exact) mass is 493 g/mol. The fraction of sp³-hybridized carbons (Fsp3) is 0.591. The van der Waals surface area contributed by atoms with Crippen molar-refractivity contribution in [1.29, 1.82) is 0 Å². The number of nitrogens with zero attached hydrogens (tertiary/aromatic N) is 2. The molecule has 0 aromatic carbocycles. The van der Waals surface area contributed by atoms with E-state index in [1.54, 1.807) is 12.4 Å². The highest BCUT2D eigenvalue weighted by molar-refractivity contribution is 9.10. The van der Waals surface area contributed by atoms with Gasteiger partial charge in [-0.15, -0.1) is 0 Å². The van der Waals surface area contributed by atoms with Crippen LogP contribution in [0.25, 0.3) is 11.0 Å². The summed E-state index contributed by atoms with van der Waals surface area (Å²) >= 11 is 3.65. The Bertz CT molecular complexity index is 951. The van der Waals surface area contributed by atoms with E-state index in [9.17, 15) is 9.59 Å². The number of hydrogen-bond donors (Lipinski definition) is 3. The molecule has 3 rings (SSSR count). The second-order valence-electron chi connectivity index (χ2n) is 9.46. The number of ether oxygens (including phenoxy) is 1. The number of aromatic amines is 1. The molecule has 2 amide bonds. The molecule has 1 unspecified atom stereocenters. The Hall–Kier alpha value is -2.29. The lowest BCUT2D eigenvalue weighted by atomic mass is 10.0. The van der Waals surface area contributed by atoms with Gasteiger partial charge in [-0.3, -0.25) is 4.79 Å². The van der Waals surface area contributed by atoms with Gasteiger partial charge in [-0.05, 0) is 55.5 Å². The summed E-state index contributed by atoms with van der Waals surface area (Å²) in [5.41, 5.74) is 1.85. The van der Waals surface area contributed by atoms with Crippen molar-refractivity contribution in [3.63, 3.8) is 0 Å². The van der Waals surface area contributed by atoms with Crippen molar-refractivity contribution in [1.82, 2.24) is 15.3 Å². The van der Waals surface area contributed by atoms with E-state index in [1.807, 2.05) is 34.6 Å². The van der Waals surface area contributed by atoms with Crippen LogP contribution in [0.15, 0.2) is 16.9 Å². The Kier molecular flexibility index (Phi) is 7.13. The van der Waals surface area contributed by atoms with Crippen LogP contribution in [0, 0.1) is 5.92 Å². The van der Waals surface area contributed by atoms with Crippen molar-refractivity contribution in [3.05, 3.63) is 16.9 Å². The second-order valence-corrected chi connectivity index (χ2v) is 10.3. The van der Waals surface area contributed by atoms with Crippen molar-refractivity contribution in [2.45, 2.75) is 65.5 Å². The molecule has 1 aliphatic heterocycles. The second kappa shape index (κ2) is 9.46. The van der Waals surface area contributed by atoms with Crippen molar-refractivity contribution in [2.24, 2.45) is 5.92 Å². The molecule has 0 radical (unpaired) electrons. The van der Waals surface area contributed by atoms with Crippen LogP contribution < -0.4 is 15.5 Å². The minimum atomic E-state index is -0.535. The maximum absolute atomic E-state index is 12.4. The van der Waals surface area contributed by atoms with Crippen LogP contribution in [0.4, 0.5) is 16.2 Å². The van der Waals surface area contributed by atoms with Gasteiger partial charge in [0, 0.05) is 37.9 Å². The first kappa shape index (κ1) is 23.4. The predicted molar refractivity (Wildman–Crippen MR) is 126 cm³/mol. The molecule has 1 fully saturated rings. The Morgan fingerprint density at radius 2 is 2.13 bits per heavy atom. The Morgan fingerprint density at radius 3 is 2.81 bits per heavy atom. The summed E-state index contributed by atoms with van der Waals surface area (Å²) in [6, 6.07) is -0.0309. The van der Waals surface area contributed by atoms with Crippen LogP contribution in [0.1, 0.15) is 53.9 Å². The molecule has 0 spiro atoms. The molecule has 1 aliphatic rings. The average Bonchev–Trinajstić information content (AvgIpc) is 3.02. The third-order valence-corrected chi connectivity index (χ3v) is 5.54. The van der Waals surface area contributed by atoms with Gasteiger partial charge in [0.05, 0.1) is 21.2 Å². The van der Waals surface area contributed by atoms with Gasteiger partial charge >= 0.3 is 6.09 Å². The van der Waals surface area contributed by atoms with Gasteiger partial charge in [0.2, 0.25) is 5.91 Å². The Balaban J connectivity index is 1.84. The minimum Gasteiger partial charge on any atom is -0.444 e. The maximum atomic E-state index is 12.4. The smallest absolute Gasteiger partial charge is 0.407 e. The fourth-order valence-corrected chi connectivity index (χ4v) is 4.36. The van der Waals surface area contributed by atoms with Crippen LogP contribution in [0.5, 0.6) is 0 Å². The van der Waals surface area contributed by atoms with Crippen LogP contribution in [0.2, 0.25) is 0 Å². The van der Waals surface area contributed by atoms with E-state index < -0.39 is 11.7 Å². The summed E-state index contributed by atoms with van der Waals surface area (Å²) in [5.74, 6) is 0.251. The molecular formula is C22H32BrN5O3. The van der Waals surface area contributed by atoms with E-state index in [1.165, 1.54) is 0 Å². The number of alkyl carbamates (subject to hydrolysis) is 1. The molecule has 0 bridgehead atoms. The van der Waals surface area contributed by atoms with E-state index in [4.69, 9.17) is 4.74 Å². The molecule has 1 saturated heterocycles. The number of anilines is 2. The van der Waals surface area contributed by atoms with Crippen molar-refractivity contribution < 1.29 is 14.3 Å². The van der Waals surface area contributed by atoms with E-state index in [0.717, 1.165) is 34.9 Å². The lowest BCUT2D eigenvalue weighted by molar-refractivity contribution is -0.116. The summed E-state index contributed by atoms with van der Waals surface area (Å²) in [7, 11) is 0. The van der Waals surface area contributed by atoms with E-state index in [-0.39, 0.29) is 17.9 Å². The molecule has 2 aromatic heterocycles. The summed E-state index contributed by atoms with van der Waals surface area (Å²) in [6.07, 6.45) is 5.41. The lowest BCUT2D eigenvalue weighted by Gasteiger charge is -2.36. The van der Waals surface area contributed by atoms with Gasteiger partial charge in [0.25, 0.3) is 0 Å². The standard InChI is InChI=1S/C22H32BrN5O3/c1-13(2)9-17(29)27-16-11-25-20-18(16)19(15(23)10-24-20)28-8-6-7-14(12-28)26-21(30)31-22(3,4)5/h10-11,13-14H,6-9,12H2,1-5H3,(H,24,25)(H,26,30)(H,27,29). The third-order valence-electron chi connectivity index (χ3n) is 4.96. The number of carbonyl (C=O) groups is 2. The van der Waals surface area contributed by atoms with Gasteiger partial charge < -0.3 is 25.3 Å². The molecule has 2 aromatic rings. The first-order valence-electron chi connectivity index (χ1n) is 10.7. The van der Waals surface area contributed by atoms with Gasteiger partial charge in [-0.1, -0.05) is 13.8 Å². The predicted octanol–water partition coefficient (Wildman–Crippen LogP) is 4.80. The van der Waals surface area contributed by atoms with Crippen molar-refractivity contribution in [2.75, 3.05) is 23.3 Å². The molecule has 31 heavy (non-hydrogen) atoms. The number of amides is 2.